The van der Waals surface area contributed by atoms with Gasteiger partial charge < -0.3 is 19.9 Å². The van der Waals surface area contributed by atoms with Crippen LogP contribution in [-0.4, -0.2) is 77.9 Å². The Morgan fingerprint density at radius 2 is 2.07 bits per heavy atom. The Morgan fingerprint density at radius 1 is 1.31 bits per heavy atom. The summed E-state index contributed by atoms with van der Waals surface area (Å²) in [6.07, 6.45) is 6.36. The zero-order chi connectivity index (χ0) is 20.2. The predicted octanol–water partition coefficient (Wildman–Crippen LogP) is 0.982. The Labute approximate surface area is 173 Å². The number of hydrogen-bond acceptors (Lipinski definition) is 8. The molecule has 4 rings (SSSR count). The highest BCUT2D eigenvalue weighted by Gasteiger charge is 2.21. The van der Waals surface area contributed by atoms with Crippen molar-refractivity contribution in [2.75, 3.05) is 51.3 Å². The van der Waals surface area contributed by atoms with Gasteiger partial charge >= 0.3 is 0 Å². The fourth-order valence-electron chi connectivity index (χ4n) is 3.99. The van der Waals surface area contributed by atoms with Crippen molar-refractivity contribution in [3.63, 3.8) is 0 Å². The van der Waals surface area contributed by atoms with Crippen molar-refractivity contribution in [1.82, 2.24) is 24.8 Å². The first-order chi connectivity index (χ1) is 14.1. The zero-order valence-corrected chi connectivity index (χ0v) is 17.6. The molecule has 1 amide bonds. The lowest BCUT2D eigenvalue weighted by atomic mass is 9.94. The number of nitrogens with one attached hydrogen (secondary N) is 1. The molecule has 9 nitrogen and oxygen atoms in total. The lowest BCUT2D eigenvalue weighted by Gasteiger charge is -2.31. The van der Waals surface area contributed by atoms with E-state index in [-0.39, 0.29) is 11.6 Å². The van der Waals surface area contributed by atoms with Gasteiger partial charge in [0.1, 0.15) is 5.69 Å². The number of anilines is 1. The first-order valence-electron chi connectivity index (χ1n) is 10.3. The van der Waals surface area contributed by atoms with Gasteiger partial charge in [0, 0.05) is 38.3 Å². The van der Waals surface area contributed by atoms with Crippen LogP contribution in [0, 0.1) is 0 Å². The quantitative estimate of drug-likeness (QED) is 0.745. The standard InChI is InChI=1S/C19H28N6O3S/c1-23(14-5-3-2-4-6-14)8-7-20-17(27)15-13-16(26)21-18-25(15)22-19(29-18)24-9-11-28-12-10-24/h13-14H,2-12H2,1H3,(H,20,27). The normalized spacial score (nSPS) is 18.5. The summed E-state index contributed by atoms with van der Waals surface area (Å²) in [6, 6.07) is 1.86. The van der Waals surface area contributed by atoms with Crippen LogP contribution in [0.25, 0.3) is 4.96 Å². The molecule has 10 heteroatoms. The maximum Gasteiger partial charge on any atom is 0.274 e. The lowest BCUT2D eigenvalue weighted by Crippen LogP contribution is -2.40. The molecule has 1 aliphatic carbocycles. The van der Waals surface area contributed by atoms with Crippen molar-refractivity contribution in [1.29, 1.82) is 0 Å². The summed E-state index contributed by atoms with van der Waals surface area (Å²) in [7, 11) is 2.12. The molecule has 2 fully saturated rings. The zero-order valence-electron chi connectivity index (χ0n) is 16.8. The molecule has 0 bridgehead atoms. The number of ether oxygens (including phenoxy) is 1. The van der Waals surface area contributed by atoms with Crippen LogP contribution in [0.3, 0.4) is 0 Å². The predicted molar refractivity (Wildman–Crippen MR) is 112 cm³/mol. The SMILES string of the molecule is CN(CCNC(=O)c1cc(=O)nc2sc(N3CCOCC3)nn12)C1CCCCC1. The Kier molecular flexibility index (Phi) is 6.41. The molecule has 2 aromatic rings. The number of hydrogen-bond donors (Lipinski definition) is 1. The molecule has 158 valence electrons. The summed E-state index contributed by atoms with van der Waals surface area (Å²) in [6.45, 7) is 4.07. The minimum Gasteiger partial charge on any atom is -0.378 e. The molecule has 0 spiro atoms. The van der Waals surface area contributed by atoms with Gasteiger partial charge in [0.2, 0.25) is 10.1 Å². The highest BCUT2D eigenvalue weighted by Crippen LogP contribution is 2.23. The number of carbonyl (C=O) groups is 1. The summed E-state index contributed by atoms with van der Waals surface area (Å²) >= 11 is 1.32. The lowest BCUT2D eigenvalue weighted by molar-refractivity contribution is 0.0936. The molecule has 0 radical (unpaired) electrons. The number of rotatable bonds is 6. The molecule has 2 aromatic heterocycles. The van der Waals surface area contributed by atoms with Gasteiger partial charge in [-0.1, -0.05) is 30.6 Å². The molecule has 0 atom stereocenters. The van der Waals surface area contributed by atoms with E-state index in [1.807, 2.05) is 0 Å². The van der Waals surface area contributed by atoms with Crippen molar-refractivity contribution < 1.29 is 9.53 Å². The third kappa shape index (κ3) is 4.76. The first kappa shape index (κ1) is 20.2. The average molecular weight is 421 g/mol. The van der Waals surface area contributed by atoms with Crippen LogP contribution in [0.4, 0.5) is 5.13 Å². The van der Waals surface area contributed by atoms with Crippen LogP contribution in [-0.2, 0) is 4.74 Å². The third-order valence-electron chi connectivity index (χ3n) is 5.71. The molecule has 1 aliphatic heterocycles. The van der Waals surface area contributed by atoms with E-state index in [9.17, 15) is 9.59 Å². The number of morpholine rings is 1. The van der Waals surface area contributed by atoms with Gasteiger partial charge in [-0.25, -0.2) is 0 Å². The molecule has 0 aromatic carbocycles. The van der Waals surface area contributed by atoms with Gasteiger partial charge in [0.15, 0.2) is 0 Å². The van der Waals surface area contributed by atoms with Crippen molar-refractivity contribution >= 4 is 27.3 Å². The van der Waals surface area contributed by atoms with Crippen LogP contribution in [0.2, 0.25) is 0 Å². The van der Waals surface area contributed by atoms with Crippen molar-refractivity contribution in [3.05, 3.63) is 22.1 Å². The van der Waals surface area contributed by atoms with Gasteiger partial charge in [0.05, 0.1) is 13.2 Å². The van der Waals surface area contributed by atoms with Crippen molar-refractivity contribution in [2.24, 2.45) is 0 Å². The summed E-state index contributed by atoms with van der Waals surface area (Å²) in [4.78, 5) is 33.7. The Hall–Kier alpha value is -2.04. The van der Waals surface area contributed by atoms with E-state index in [1.54, 1.807) is 0 Å². The Bertz CT molecular complexity index is 901. The number of likely N-dealkylation sites (N-methyl/N-ethyl adjacent to an activating group) is 1. The van der Waals surface area contributed by atoms with Crippen LogP contribution in [0.1, 0.15) is 42.6 Å². The minimum atomic E-state index is -0.424. The van der Waals surface area contributed by atoms with E-state index in [4.69, 9.17) is 4.74 Å². The van der Waals surface area contributed by atoms with Gasteiger partial charge in [-0.2, -0.15) is 9.50 Å². The van der Waals surface area contributed by atoms with Gasteiger partial charge in [0.25, 0.3) is 11.5 Å². The minimum absolute atomic E-state index is 0.232. The summed E-state index contributed by atoms with van der Waals surface area (Å²) in [5.74, 6) is -0.296. The fourth-order valence-corrected chi connectivity index (χ4v) is 4.95. The topological polar surface area (TPSA) is 92.1 Å². The molecule has 0 unspecified atom stereocenters. The molecular weight excluding hydrogens is 392 g/mol. The number of nitrogens with zero attached hydrogens (tertiary/aromatic N) is 5. The van der Waals surface area contributed by atoms with E-state index in [2.05, 4.69) is 32.2 Å². The number of carbonyl (C=O) groups excluding carboxylic acids is 1. The van der Waals surface area contributed by atoms with Gasteiger partial charge in [-0.15, -0.1) is 5.10 Å². The summed E-state index contributed by atoms with van der Waals surface area (Å²) in [5.41, 5.74) is -0.192. The van der Waals surface area contributed by atoms with Crippen LogP contribution >= 0.6 is 11.3 Å². The van der Waals surface area contributed by atoms with E-state index in [0.717, 1.165) is 24.8 Å². The Balaban J connectivity index is 1.43. The van der Waals surface area contributed by atoms with Crippen LogP contribution in [0.15, 0.2) is 10.9 Å². The number of aromatic nitrogens is 3. The van der Waals surface area contributed by atoms with Gasteiger partial charge in [-0.3, -0.25) is 9.59 Å². The monoisotopic (exact) mass is 420 g/mol. The molecule has 3 heterocycles. The second-order valence-electron chi connectivity index (χ2n) is 7.69. The van der Waals surface area contributed by atoms with Crippen LogP contribution < -0.4 is 15.8 Å². The van der Waals surface area contributed by atoms with Crippen molar-refractivity contribution in [3.8, 4) is 0 Å². The van der Waals surface area contributed by atoms with E-state index in [0.29, 0.717) is 30.8 Å². The van der Waals surface area contributed by atoms with Crippen molar-refractivity contribution in [2.45, 2.75) is 38.1 Å². The highest BCUT2D eigenvalue weighted by molar-refractivity contribution is 7.20. The molecule has 1 N–H and O–H groups in total. The second kappa shape index (κ2) is 9.19. The van der Waals surface area contributed by atoms with E-state index < -0.39 is 5.56 Å². The average Bonchev–Trinajstić information content (AvgIpc) is 3.18. The molecule has 29 heavy (non-hydrogen) atoms. The number of fused-ring (bicyclic) bond motifs is 1. The fraction of sp³-hybridized carbons (Fsp3) is 0.684. The van der Waals surface area contributed by atoms with E-state index in [1.165, 1.54) is 54.0 Å². The molecule has 1 saturated carbocycles. The smallest absolute Gasteiger partial charge is 0.274 e. The maximum absolute atomic E-state index is 12.8. The van der Waals surface area contributed by atoms with E-state index >= 15 is 0 Å². The molecular formula is C19H28N6O3S. The second-order valence-corrected chi connectivity index (χ2v) is 8.62. The molecule has 1 saturated heterocycles. The largest absolute Gasteiger partial charge is 0.378 e. The maximum atomic E-state index is 12.8. The first-order valence-corrected chi connectivity index (χ1v) is 11.2. The summed E-state index contributed by atoms with van der Waals surface area (Å²) < 4.78 is 6.86. The van der Waals surface area contributed by atoms with Crippen LogP contribution in [0.5, 0.6) is 0 Å². The Morgan fingerprint density at radius 3 is 2.83 bits per heavy atom. The van der Waals surface area contributed by atoms with Gasteiger partial charge in [-0.05, 0) is 19.9 Å². The third-order valence-corrected chi connectivity index (χ3v) is 6.68. The highest BCUT2D eigenvalue weighted by atomic mass is 32.1. The number of amides is 1. The molecule has 2 aliphatic rings. The summed E-state index contributed by atoms with van der Waals surface area (Å²) in [5, 5.41) is 8.24.